The summed E-state index contributed by atoms with van der Waals surface area (Å²) >= 11 is 3.33. The quantitative estimate of drug-likeness (QED) is 0.872. The van der Waals surface area contributed by atoms with Gasteiger partial charge in [0.2, 0.25) is 0 Å². The van der Waals surface area contributed by atoms with E-state index in [0.29, 0.717) is 17.9 Å². The van der Waals surface area contributed by atoms with Gasteiger partial charge in [0.05, 0.1) is 11.8 Å². The van der Waals surface area contributed by atoms with E-state index in [1.165, 1.54) is 0 Å². The molecule has 0 aliphatic heterocycles. The van der Waals surface area contributed by atoms with Gasteiger partial charge in [-0.25, -0.2) is 0 Å². The summed E-state index contributed by atoms with van der Waals surface area (Å²) in [6.45, 7) is 3.28. The topological polar surface area (TPSA) is 50.8 Å². The summed E-state index contributed by atoms with van der Waals surface area (Å²) in [6.07, 6.45) is 3.71. The van der Waals surface area contributed by atoms with Crippen molar-refractivity contribution >= 4 is 15.9 Å². The molecule has 0 aliphatic carbocycles. The second-order valence-electron chi connectivity index (χ2n) is 3.75. The average molecular weight is 306 g/mol. The fraction of sp³-hybridized carbons (Fsp3) is 0.231. The molecule has 0 spiro atoms. The molecule has 2 aromatic rings. The molecule has 2 rings (SSSR count). The van der Waals surface area contributed by atoms with Crippen molar-refractivity contribution < 1.29 is 4.74 Å². The fourth-order valence-corrected chi connectivity index (χ4v) is 1.89. The van der Waals surface area contributed by atoms with Crippen LogP contribution in [0, 0.1) is 11.3 Å². The van der Waals surface area contributed by atoms with Gasteiger partial charge in [0.25, 0.3) is 0 Å². The van der Waals surface area contributed by atoms with Crippen LogP contribution < -0.4 is 4.74 Å². The number of halogens is 1. The summed E-state index contributed by atoms with van der Waals surface area (Å²) in [4.78, 5) is 0. The third kappa shape index (κ3) is 2.90. The van der Waals surface area contributed by atoms with Crippen molar-refractivity contribution in [2.45, 2.75) is 20.1 Å². The van der Waals surface area contributed by atoms with Gasteiger partial charge in [-0.05, 0) is 25.1 Å². The van der Waals surface area contributed by atoms with Crippen LogP contribution in [0.3, 0.4) is 0 Å². The number of hydrogen-bond donors (Lipinski definition) is 0. The maximum Gasteiger partial charge on any atom is 0.137 e. The molecule has 92 valence electrons. The zero-order chi connectivity index (χ0) is 13.0. The predicted octanol–water partition coefficient (Wildman–Crippen LogP) is 3.12. The predicted molar refractivity (Wildman–Crippen MR) is 71.1 cm³/mol. The van der Waals surface area contributed by atoms with Crippen molar-refractivity contribution in [3.63, 3.8) is 0 Å². The van der Waals surface area contributed by atoms with Crippen LogP contribution in [0.5, 0.6) is 5.75 Å². The van der Waals surface area contributed by atoms with Crippen molar-refractivity contribution in [3.8, 4) is 11.8 Å². The molecule has 4 nitrogen and oxygen atoms in total. The molecule has 0 fully saturated rings. The lowest BCUT2D eigenvalue weighted by atomic mass is 10.2. The third-order valence-electron chi connectivity index (χ3n) is 2.47. The molecule has 0 aliphatic rings. The number of aromatic nitrogens is 2. The maximum atomic E-state index is 9.01. The largest absolute Gasteiger partial charge is 0.487 e. The maximum absolute atomic E-state index is 9.01. The Kier molecular flexibility index (Phi) is 4.00. The van der Waals surface area contributed by atoms with Gasteiger partial charge in [-0.2, -0.15) is 10.4 Å². The van der Waals surface area contributed by atoms with E-state index in [1.54, 1.807) is 18.3 Å². The normalized spacial score (nSPS) is 10.1. The Hall–Kier alpha value is -1.80. The Morgan fingerprint density at radius 1 is 1.50 bits per heavy atom. The number of aryl methyl sites for hydroxylation is 1. The molecular formula is C13H12BrN3O. The number of nitrogens with zero attached hydrogens (tertiary/aromatic N) is 3. The third-order valence-corrected chi connectivity index (χ3v) is 2.96. The van der Waals surface area contributed by atoms with Crippen LogP contribution in [0.1, 0.15) is 18.1 Å². The van der Waals surface area contributed by atoms with E-state index in [-0.39, 0.29) is 0 Å². The molecule has 5 heteroatoms. The minimum Gasteiger partial charge on any atom is -0.487 e. The Balaban J connectivity index is 2.08. The second kappa shape index (κ2) is 5.69. The first-order valence-electron chi connectivity index (χ1n) is 5.56. The monoisotopic (exact) mass is 305 g/mol. The van der Waals surface area contributed by atoms with E-state index in [4.69, 9.17) is 10.00 Å². The summed E-state index contributed by atoms with van der Waals surface area (Å²) in [5.74, 6) is 0.588. The smallest absolute Gasteiger partial charge is 0.137 e. The van der Waals surface area contributed by atoms with Gasteiger partial charge < -0.3 is 4.74 Å². The zero-order valence-electron chi connectivity index (χ0n) is 9.93. The second-order valence-corrected chi connectivity index (χ2v) is 4.66. The van der Waals surface area contributed by atoms with Gasteiger partial charge in [-0.3, -0.25) is 4.68 Å². The highest BCUT2D eigenvalue weighted by atomic mass is 79.9. The molecule has 0 amide bonds. The van der Waals surface area contributed by atoms with E-state index in [1.807, 2.05) is 23.9 Å². The molecule has 1 heterocycles. The van der Waals surface area contributed by atoms with E-state index >= 15 is 0 Å². The first kappa shape index (κ1) is 12.7. The van der Waals surface area contributed by atoms with E-state index < -0.39 is 0 Å². The lowest BCUT2D eigenvalue weighted by Gasteiger charge is -2.06. The van der Waals surface area contributed by atoms with Crippen molar-refractivity contribution in [1.29, 1.82) is 5.26 Å². The van der Waals surface area contributed by atoms with E-state index in [2.05, 4.69) is 27.1 Å². The minimum absolute atomic E-state index is 0.413. The van der Waals surface area contributed by atoms with Crippen LogP contribution in [0.4, 0.5) is 0 Å². The van der Waals surface area contributed by atoms with Crippen molar-refractivity contribution in [2.75, 3.05) is 0 Å². The molecule has 0 saturated carbocycles. The Bertz CT molecular complexity index is 586. The van der Waals surface area contributed by atoms with Crippen molar-refractivity contribution in [3.05, 3.63) is 46.2 Å². The molecule has 1 aromatic carbocycles. The SMILES string of the molecule is CCn1cc(COc2ccc(Br)cc2C#N)cn1. The number of hydrogen-bond acceptors (Lipinski definition) is 3. The van der Waals surface area contributed by atoms with Crippen LogP contribution in [-0.4, -0.2) is 9.78 Å². The van der Waals surface area contributed by atoms with Gasteiger partial charge in [0.15, 0.2) is 0 Å². The lowest BCUT2D eigenvalue weighted by molar-refractivity contribution is 0.305. The van der Waals surface area contributed by atoms with Gasteiger partial charge in [0.1, 0.15) is 18.4 Å². The molecule has 0 saturated heterocycles. The highest BCUT2D eigenvalue weighted by Crippen LogP contribution is 2.23. The van der Waals surface area contributed by atoms with Gasteiger partial charge >= 0.3 is 0 Å². The molecule has 0 bridgehead atoms. The summed E-state index contributed by atoms with van der Waals surface area (Å²) in [6, 6.07) is 7.49. The molecule has 0 N–H and O–H groups in total. The lowest BCUT2D eigenvalue weighted by Crippen LogP contribution is -1.97. The van der Waals surface area contributed by atoms with Crippen LogP contribution >= 0.6 is 15.9 Å². The average Bonchev–Trinajstić information content (AvgIpc) is 2.85. The summed E-state index contributed by atoms with van der Waals surface area (Å²) in [5.41, 5.74) is 1.51. The van der Waals surface area contributed by atoms with Gasteiger partial charge in [0, 0.05) is 22.8 Å². The highest BCUT2D eigenvalue weighted by Gasteiger charge is 2.05. The Morgan fingerprint density at radius 3 is 3.00 bits per heavy atom. The molecule has 0 radical (unpaired) electrons. The molecule has 1 aromatic heterocycles. The number of benzene rings is 1. The standard InChI is InChI=1S/C13H12BrN3O/c1-2-17-8-10(7-16-17)9-18-13-4-3-12(14)5-11(13)6-15/h3-5,7-8H,2,9H2,1H3. The van der Waals surface area contributed by atoms with Crippen LogP contribution in [0.15, 0.2) is 35.1 Å². The van der Waals surface area contributed by atoms with Gasteiger partial charge in [-0.1, -0.05) is 15.9 Å². The van der Waals surface area contributed by atoms with E-state index in [0.717, 1.165) is 16.6 Å². The minimum atomic E-state index is 0.413. The zero-order valence-corrected chi connectivity index (χ0v) is 11.5. The van der Waals surface area contributed by atoms with Crippen LogP contribution in [0.25, 0.3) is 0 Å². The Morgan fingerprint density at radius 2 is 2.33 bits per heavy atom. The van der Waals surface area contributed by atoms with Crippen molar-refractivity contribution in [1.82, 2.24) is 9.78 Å². The molecular weight excluding hydrogens is 294 g/mol. The number of rotatable bonds is 4. The number of nitriles is 1. The summed E-state index contributed by atoms with van der Waals surface area (Å²) < 4.78 is 8.33. The van der Waals surface area contributed by atoms with Gasteiger partial charge in [-0.15, -0.1) is 0 Å². The summed E-state index contributed by atoms with van der Waals surface area (Å²) in [5, 5.41) is 13.2. The fourth-order valence-electron chi connectivity index (χ4n) is 1.53. The van der Waals surface area contributed by atoms with Crippen LogP contribution in [0.2, 0.25) is 0 Å². The number of ether oxygens (including phenoxy) is 1. The van der Waals surface area contributed by atoms with E-state index in [9.17, 15) is 0 Å². The summed E-state index contributed by atoms with van der Waals surface area (Å²) in [7, 11) is 0. The van der Waals surface area contributed by atoms with Crippen molar-refractivity contribution in [2.24, 2.45) is 0 Å². The first-order chi connectivity index (χ1) is 8.72. The Labute approximate surface area is 114 Å². The molecule has 18 heavy (non-hydrogen) atoms. The molecule has 0 atom stereocenters. The highest BCUT2D eigenvalue weighted by molar-refractivity contribution is 9.10. The molecule has 0 unspecified atom stereocenters. The first-order valence-corrected chi connectivity index (χ1v) is 6.36. The van der Waals surface area contributed by atoms with Crippen LogP contribution in [-0.2, 0) is 13.2 Å².